The summed E-state index contributed by atoms with van der Waals surface area (Å²) in [6, 6.07) is 17.2. The Morgan fingerprint density at radius 1 is 1.06 bits per heavy atom. The molecule has 0 spiro atoms. The van der Waals surface area contributed by atoms with Crippen molar-refractivity contribution in [1.29, 1.82) is 5.26 Å². The van der Waals surface area contributed by atoms with Crippen LogP contribution >= 0.6 is 11.6 Å². The molecule has 0 unspecified atom stereocenters. The quantitative estimate of drug-likeness (QED) is 0.351. The first kappa shape index (κ1) is 19.8. The average Bonchev–Trinajstić information content (AvgIpc) is 3.16. The first-order chi connectivity index (χ1) is 15.5. The standard InChI is InChI=1S/C24H17ClN6O/c1-14-9-16(29-23-15(11-26)12-27-18-5-8-22(25)30-24(18)23)3-7-21(14)32-17-4-6-20-19(10-17)28-13-31(20)2/h3-10,12-13H,1-2H3,(H,27,29). The summed E-state index contributed by atoms with van der Waals surface area (Å²) in [6.45, 7) is 1.96. The van der Waals surface area contributed by atoms with Crippen LogP contribution in [0.25, 0.3) is 22.1 Å². The molecule has 0 saturated carbocycles. The lowest BCUT2D eigenvalue weighted by Crippen LogP contribution is -1.99. The molecule has 0 amide bonds. The van der Waals surface area contributed by atoms with E-state index in [2.05, 4.69) is 26.3 Å². The first-order valence-corrected chi connectivity index (χ1v) is 10.2. The smallest absolute Gasteiger partial charge is 0.130 e. The monoisotopic (exact) mass is 440 g/mol. The molecule has 0 atom stereocenters. The number of pyridine rings is 2. The van der Waals surface area contributed by atoms with Crippen molar-refractivity contribution in [3.05, 3.63) is 77.3 Å². The van der Waals surface area contributed by atoms with Gasteiger partial charge in [0.2, 0.25) is 0 Å². The molecule has 3 heterocycles. The van der Waals surface area contributed by atoms with Gasteiger partial charge in [0.15, 0.2) is 0 Å². The van der Waals surface area contributed by atoms with Gasteiger partial charge in [0.1, 0.15) is 28.2 Å². The summed E-state index contributed by atoms with van der Waals surface area (Å²) in [5.74, 6) is 1.44. The first-order valence-electron chi connectivity index (χ1n) is 9.84. The van der Waals surface area contributed by atoms with Crippen LogP contribution in [0.15, 0.2) is 61.1 Å². The summed E-state index contributed by atoms with van der Waals surface area (Å²) in [5, 5.41) is 13.2. The Hall–Kier alpha value is -4.15. The van der Waals surface area contributed by atoms with Gasteiger partial charge >= 0.3 is 0 Å². The number of imidazole rings is 1. The molecule has 0 saturated heterocycles. The van der Waals surface area contributed by atoms with E-state index in [-0.39, 0.29) is 0 Å². The number of halogens is 1. The average molecular weight is 441 g/mol. The minimum atomic E-state index is 0.335. The highest BCUT2D eigenvalue weighted by atomic mass is 35.5. The fraction of sp³-hybridized carbons (Fsp3) is 0.0833. The number of ether oxygens (including phenoxy) is 1. The van der Waals surface area contributed by atoms with E-state index in [4.69, 9.17) is 16.3 Å². The summed E-state index contributed by atoms with van der Waals surface area (Å²) in [4.78, 5) is 13.0. The van der Waals surface area contributed by atoms with Crippen molar-refractivity contribution in [2.75, 3.05) is 5.32 Å². The lowest BCUT2D eigenvalue weighted by molar-refractivity contribution is 0.479. The van der Waals surface area contributed by atoms with Gasteiger partial charge in [-0.25, -0.2) is 9.97 Å². The molecule has 3 aromatic heterocycles. The molecule has 0 aliphatic carbocycles. The highest BCUT2D eigenvalue weighted by Gasteiger charge is 2.13. The maximum absolute atomic E-state index is 9.55. The third kappa shape index (κ3) is 3.57. The van der Waals surface area contributed by atoms with Crippen LogP contribution in [-0.4, -0.2) is 19.5 Å². The van der Waals surface area contributed by atoms with Crippen molar-refractivity contribution in [3.63, 3.8) is 0 Å². The van der Waals surface area contributed by atoms with Crippen LogP contribution in [0.2, 0.25) is 5.15 Å². The number of aromatic nitrogens is 4. The van der Waals surface area contributed by atoms with Crippen molar-refractivity contribution in [1.82, 2.24) is 19.5 Å². The van der Waals surface area contributed by atoms with E-state index in [0.717, 1.165) is 28.0 Å². The van der Waals surface area contributed by atoms with Gasteiger partial charge in [-0.15, -0.1) is 0 Å². The Balaban J connectivity index is 1.46. The maximum Gasteiger partial charge on any atom is 0.130 e. The summed E-state index contributed by atoms with van der Waals surface area (Å²) in [5.41, 5.74) is 5.78. The molecule has 5 rings (SSSR count). The van der Waals surface area contributed by atoms with Crippen LogP contribution in [0.1, 0.15) is 11.1 Å². The predicted molar refractivity (Wildman–Crippen MR) is 125 cm³/mol. The molecule has 0 fully saturated rings. The molecule has 32 heavy (non-hydrogen) atoms. The van der Waals surface area contributed by atoms with Crippen LogP contribution in [0.5, 0.6) is 11.5 Å². The molecular weight excluding hydrogens is 424 g/mol. The van der Waals surface area contributed by atoms with E-state index in [1.807, 2.05) is 54.9 Å². The van der Waals surface area contributed by atoms with Crippen molar-refractivity contribution >= 4 is 45.0 Å². The molecular formula is C24H17ClN6O. The van der Waals surface area contributed by atoms with Gasteiger partial charge in [-0.2, -0.15) is 5.26 Å². The van der Waals surface area contributed by atoms with Crippen molar-refractivity contribution in [3.8, 4) is 17.6 Å². The Bertz CT molecular complexity index is 1540. The molecule has 8 heteroatoms. The second-order valence-corrected chi connectivity index (χ2v) is 7.76. The molecule has 2 aromatic carbocycles. The van der Waals surface area contributed by atoms with Crippen LogP contribution < -0.4 is 10.1 Å². The van der Waals surface area contributed by atoms with Crippen LogP contribution in [0.4, 0.5) is 11.4 Å². The van der Waals surface area contributed by atoms with E-state index in [1.54, 1.807) is 18.5 Å². The van der Waals surface area contributed by atoms with Crippen molar-refractivity contribution in [2.24, 2.45) is 7.05 Å². The zero-order valence-electron chi connectivity index (χ0n) is 17.3. The number of benzene rings is 2. The zero-order chi connectivity index (χ0) is 22.2. The Labute approximate surface area is 188 Å². The highest BCUT2D eigenvalue weighted by Crippen LogP contribution is 2.32. The Morgan fingerprint density at radius 2 is 1.94 bits per heavy atom. The normalized spacial score (nSPS) is 10.9. The minimum Gasteiger partial charge on any atom is -0.457 e. The van der Waals surface area contributed by atoms with E-state index >= 15 is 0 Å². The SMILES string of the molecule is Cc1cc(Nc2c(C#N)cnc3ccc(Cl)nc23)ccc1Oc1ccc2c(c1)ncn2C. The van der Waals surface area contributed by atoms with Crippen LogP contribution in [-0.2, 0) is 7.05 Å². The second-order valence-electron chi connectivity index (χ2n) is 7.37. The largest absolute Gasteiger partial charge is 0.457 e. The van der Waals surface area contributed by atoms with E-state index in [0.29, 0.717) is 33.2 Å². The van der Waals surface area contributed by atoms with Gasteiger partial charge < -0.3 is 14.6 Å². The highest BCUT2D eigenvalue weighted by molar-refractivity contribution is 6.29. The number of nitrogens with one attached hydrogen (secondary N) is 1. The zero-order valence-corrected chi connectivity index (χ0v) is 18.1. The molecule has 7 nitrogen and oxygen atoms in total. The molecule has 0 radical (unpaired) electrons. The number of hydrogen-bond donors (Lipinski definition) is 1. The van der Waals surface area contributed by atoms with Crippen molar-refractivity contribution < 1.29 is 4.74 Å². The number of nitrogens with zero attached hydrogens (tertiary/aromatic N) is 5. The third-order valence-corrected chi connectivity index (χ3v) is 5.38. The second kappa shape index (κ2) is 7.84. The summed E-state index contributed by atoms with van der Waals surface area (Å²) in [6.07, 6.45) is 3.30. The third-order valence-electron chi connectivity index (χ3n) is 5.17. The van der Waals surface area contributed by atoms with Crippen LogP contribution in [0.3, 0.4) is 0 Å². The summed E-state index contributed by atoms with van der Waals surface area (Å²) in [7, 11) is 1.96. The van der Waals surface area contributed by atoms with Crippen LogP contribution in [0, 0.1) is 18.3 Å². The van der Waals surface area contributed by atoms with Gasteiger partial charge in [-0.05, 0) is 55.0 Å². The fourth-order valence-corrected chi connectivity index (χ4v) is 3.69. The van der Waals surface area contributed by atoms with Gasteiger partial charge in [0.25, 0.3) is 0 Å². The molecule has 156 valence electrons. The van der Waals surface area contributed by atoms with E-state index < -0.39 is 0 Å². The Morgan fingerprint density at radius 3 is 2.75 bits per heavy atom. The van der Waals surface area contributed by atoms with E-state index in [9.17, 15) is 5.26 Å². The molecule has 0 bridgehead atoms. The molecule has 0 aliphatic heterocycles. The molecule has 5 aromatic rings. The van der Waals surface area contributed by atoms with Gasteiger partial charge in [-0.3, -0.25) is 4.98 Å². The summed E-state index contributed by atoms with van der Waals surface area (Å²) < 4.78 is 8.06. The predicted octanol–water partition coefficient (Wildman–Crippen LogP) is 5.89. The lowest BCUT2D eigenvalue weighted by Gasteiger charge is -2.14. The molecule has 1 N–H and O–H groups in total. The number of anilines is 2. The van der Waals surface area contributed by atoms with Gasteiger partial charge in [-0.1, -0.05) is 11.6 Å². The number of aryl methyl sites for hydroxylation is 2. The Kier molecular flexibility index (Phi) is 4.85. The van der Waals surface area contributed by atoms with E-state index in [1.165, 1.54) is 6.20 Å². The van der Waals surface area contributed by atoms with Crippen molar-refractivity contribution in [2.45, 2.75) is 6.92 Å². The topological polar surface area (TPSA) is 88.7 Å². The fourth-order valence-electron chi connectivity index (χ4n) is 3.55. The number of hydrogen-bond acceptors (Lipinski definition) is 6. The maximum atomic E-state index is 9.55. The molecule has 0 aliphatic rings. The van der Waals surface area contributed by atoms with Gasteiger partial charge in [0.05, 0.1) is 34.1 Å². The lowest BCUT2D eigenvalue weighted by atomic mass is 10.1. The number of rotatable bonds is 4. The van der Waals surface area contributed by atoms with Gasteiger partial charge in [0, 0.05) is 25.0 Å². The minimum absolute atomic E-state index is 0.335. The summed E-state index contributed by atoms with van der Waals surface area (Å²) >= 11 is 6.08. The number of fused-ring (bicyclic) bond motifs is 2. The number of nitriles is 1.